The lowest BCUT2D eigenvalue weighted by molar-refractivity contribution is -0.137. The number of anilines is 4. The molecule has 2 aliphatic carbocycles. The van der Waals surface area contributed by atoms with Crippen LogP contribution in [0.5, 0.6) is 0 Å². The van der Waals surface area contributed by atoms with Gasteiger partial charge in [-0.2, -0.15) is 4.98 Å². The first-order valence-electron chi connectivity index (χ1n) is 22.5. The molecule has 9 rings (SSSR count). The molecular weight excluding hydrogens is 799 g/mol. The van der Waals surface area contributed by atoms with Gasteiger partial charge in [0.25, 0.3) is 5.91 Å². The number of likely N-dealkylation sites (N-methyl/N-ethyl adjacent to an activating group) is 1. The number of rotatable bonds is 13. The van der Waals surface area contributed by atoms with Crippen molar-refractivity contribution in [3.8, 4) is 23.1 Å². The van der Waals surface area contributed by atoms with E-state index < -0.39 is 11.9 Å². The van der Waals surface area contributed by atoms with Gasteiger partial charge in [-0.1, -0.05) is 55.0 Å². The van der Waals surface area contributed by atoms with Crippen LogP contribution in [0.1, 0.15) is 112 Å². The van der Waals surface area contributed by atoms with Crippen LogP contribution in [0, 0.1) is 11.8 Å². The van der Waals surface area contributed by atoms with Gasteiger partial charge in [-0.15, -0.1) is 5.10 Å². The molecule has 63 heavy (non-hydrogen) atoms. The Morgan fingerprint density at radius 2 is 1.75 bits per heavy atom. The number of piperidine rings is 1. The monoisotopic (exact) mass is 853 g/mol. The van der Waals surface area contributed by atoms with E-state index in [-0.39, 0.29) is 30.2 Å². The molecule has 16 heteroatoms. The van der Waals surface area contributed by atoms with Crippen LogP contribution in [-0.2, 0) is 25.7 Å². The minimum atomic E-state index is -0.645. The van der Waals surface area contributed by atoms with Crippen LogP contribution in [0.4, 0.5) is 23.1 Å². The Balaban J connectivity index is 0.701. The molecule has 328 valence electrons. The van der Waals surface area contributed by atoms with Gasteiger partial charge in [-0.3, -0.25) is 24.5 Å². The number of nitrogens with one attached hydrogen (secondary N) is 3. The number of carbonyl (C=O) groups excluding carboxylic acids is 4. The van der Waals surface area contributed by atoms with Gasteiger partial charge >= 0.3 is 0 Å². The second kappa shape index (κ2) is 18.7. The number of nitrogens with zero attached hydrogens (tertiary/aromatic N) is 8. The molecule has 1 unspecified atom stereocenters. The molecule has 3 aliphatic heterocycles. The first kappa shape index (κ1) is 42.1. The average Bonchev–Trinajstić information content (AvgIpc) is 4.09. The number of hydrogen-bond donors (Lipinski definition) is 3. The molecular formula is C47H55N11O5. The second-order valence-electron chi connectivity index (χ2n) is 17.2. The van der Waals surface area contributed by atoms with Crippen LogP contribution in [0.25, 0.3) is 11.3 Å². The van der Waals surface area contributed by atoms with E-state index in [9.17, 15) is 19.2 Å². The maximum absolute atomic E-state index is 13.3. The van der Waals surface area contributed by atoms with Crippen LogP contribution in [0.15, 0.2) is 54.9 Å². The van der Waals surface area contributed by atoms with E-state index in [2.05, 4.69) is 54.9 Å². The highest BCUT2D eigenvalue weighted by molar-refractivity contribution is 6.06. The fourth-order valence-electron chi connectivity index (χ4n) is 9.85. The lowest BCUT2D eigenvalue weighted by Gasteiger charge is -2.43. The van der Waals surface area contributed by atoms with Crippen molar-refractivity contribution >= 4 is 46.8 Å². The normalized spacial score (nSPS) is 22.5. The van der Waals surface area contributed by atoms with Gasteiger partial charge in [0.15, 0.2) is 5.82 Å². The number of imide groups is 1. The minimum Gasteiger partial charge on any atom is -0.379 e. The van der Waals surface area contributed by atoms with Gasteiger partial charge in [-0.05, 0) is 81.2 Å². The van der Waals surface area contributed by atoms with Gasteiger partial charge < -0.3 is 30.1 Å². The number of ether oxygens (including phenoxy) is 1. The van der Waals surface area contributed by atoms with E-state index in [1.54, 1.807) is 22.1 Å². The molecule has 4 aromatic rings. The fraction of sp³-hybridized carbons (Fsp3) is 0.489. The summed E-state index contributed by atoms with van der Waals surface area (Å²) in [5.41, 5.74) is 5.60. The lowest BCUT2D eigenvalue weighted by Crippen LogP contribution is -2.55. The summed E-state index contributed by atoms with van der Waals surface area (Å²) in [6, 6.07) is 13.7. The van der Waals surface area contributed by atoms with Gasteiger partial charge in [0.1, 0.15) is 23.5 Å². The highest BCUT2D eigenvalue weighted by Crippen LogP contribution is 2.40. The molecule has 0 bridgehead atoms. The topological polar surface area (TPSA) is 180 Å². The van der Waals surface area contributed by atoms with E-state index in [4.69, 9.17) is 9.72 Å². The van der Waals surface area contributed by atoms with E-state index in [0.717, 1.165) is 91.1 Å². The number of benzene rings is 2. The average molecular weight is 854 g/mol. The van der Waals surface area contributed by atoms with E-state index in [0.29, 0.717) is 62.2 Å². The lowest BCUT2D eigenvalue weighted by atomic mass is 9.91. The van der Waals surface area contributed by atoms with Gasteiger partial charge in [0, 0.05) is 67.4 Å². The van der Waals surface area contributed by atoms with Crippen molar-refractivity contribution in [1.82, 2.24) is 40.5 Å². The molecule has 4 amide bonds. The van der Waals surface area contributed by atoms with Crippen LogP contribution in [0.3, 0.4) is 0 Å². The van der Waals surface area contributed by atoms with Crippen molar-refractivity contribution in [2.45, 2.75) is 121 Å². The Morgan fingerprint density at radius 1 is 0.937 bits per heavy atom. The van der Waals surface area contributed by atoms with Crippen molar-refractivity contribution in [3.05, 3.63) is 71.5 Å². The summed E-state index contributed by atoms with van der Waals surface area (Å²) in [6.07, 6.45) is 14.3. The summed E-state index contributed by atoms with van der Waals surface area (Å²) < 4.78 is 7.89. The number of amides is 4. The van der Waals surface area contributed by atoms with Crippen LogP contribution >= 0.6 is 0 Å². The van der Waals surface area contributed by atoms with E-state index >= 15 is 0 Å². The molecule has 5 aliphatic rings. The van der Waals surface area contributed by atoms with Crippen LogP contribution < -0.4 is 25.8 Å². The Morgan fingerprint density at radius 3 is 2.52 bits per heavy atom. The van der Waals surface area contributed by atoms with Crippen LogP contribution in [-0.4, -0.2) is 104 Å². The van der Waals surface area contributed by atoms with Gasteiger partial charge in [-0.25, -0.2) is 9.67 Å². The Bertz CT molecular complexity index is 2410. The standard InChI is InChI=1S/C47H55N11O5/c1-3-39-46(62)55(2)41-27-49-47(52-43(41)58(39)35-11-4-5-12-35)50-33-16-14-31(15-17-33)38-29-57(54-53-38)34-20-18-32(19-21-34)48-24-26-63-25-7-6-9-30-10-8-13-36-37(30)28-56(45(36)61)40-22-23-42(59)51-44(40)60/h8,10,13-17,27,29,32,34-35,39-40,48H,3-5,7,11-12,18-26,28H2,1-2H3,(H,49,50,52)(H,51,59,60)/t32?,34?,39-,40?/m1/s1. The van der Waals surface area contributed by atoms with Crippen LogP contribution in [0.2, 0.25) is 0 Å². The molecule has 5 heterocycles. The zero-order valence-corrected chi connectivity index (χ0v) is 36.0. The minimum absolute atomic E-state index is 0.104. The molecule has 2 saturated carbocycles. The zero-order chi connectivity index (χ0) is 43.5. The highest BCUT2D eigenvalue weighted by Gasteiger charge is 2.42. The predicted molar refractivity (Wildman–Crippen MR) is 237 cm³/mol. The van der Waals surface area contributed by atoms with E-state index in [1.807, 2.05) is 54.3 Å². The van der Waals surface area contributed by atoms with E-state index in [1.165, 1.54) is 12.8 Å². The molecule has 0 radical (unpaired) electrons. The predicted octanol–water partition coefficient (Wildman–Crippen LogP) is 5.28. The van der Waals surface area contributed by atoms with Crippen molar-refractivity contribution in [3.63, 3.8) is 0 Å². The highest BCUT2D eigenvalue weighted by atomic mass is 16.5. The molecule has 2 aromatic heterocycles. The molecule has 3 N–H and O–H groups in total. The summed E-state index contributed by atoms with van der Waals surface area (Å²) in [7, 11) is 1.82. The number of fused-ring (bicyclic) bond motifs is 2. The number of aromatic nitrogens is 5. The third-order valence-corrected chi connectivity index (χ3v) is 13.3. The fourth-order valence-corrected chi connectivity index (χ4v) is 9.85. The van der Waals surface area contributed by atoms with Crippen molar-refractivity contribution < 1.29 is 23.9 Å². The summed E-state index contributed by atoms with van der Waals surface area (Å²) in [5.74, 6) is 6.90. The molecule has 3 fully saturated rings. The zero-order valence-electron chi connectivity index (χ0n) is 36.0. The van der Waals surface area contributed by atoms with Crippen molar-refractivity contribution in [1.29, 1.82) is 0 Å². The third-order valence-electron chi connectivity index (χ3n) is 13.3. The number of carbonyl (C=O) groups is 4. The first-order valence-corrected chi connectivity index (χ1v) is 22.5. The Hall–Kier alpha value is -6.18. The molecule has 16 nitrogen and oxygen atoms in total. The summed E-state index contributed by atoms with van der Waals surface area (Å²) >= 11 is 0. The second-order valence-corrected chi connectivity index (χ2v) is 17.2. The first-order chi connectivity index (χ1) is 30.7. The smallest absolute Gasteiger partial charge is 0.255 e. The van der Waals surface area contributed by atoms with Gasteiger partial charge in [0.05, 0.1) is 31.6 Å². The van der Waals surface area contributed by atoms with Crippen molar-refractivity contribution in [2.24, 2.45) is 0 Å². The third kappa shape index (κ3) is 8.90. The van der Waals surface area contributed by atoms with Crippen molar-refractivity contribution in [2.75, 3.05) is 41.9 Å². The summed E-state index contributed by atoms with van der Waals surface area (Å²) in [4.78, 5) is 65.4. The maximum atomic E-state index is 13.3. The Labute approximate surface area is 367 Å². The quantitative estimate of drug-likeness (QED) is 0.0903. The number of hydrogen-bond acceptors (Lipinski definition) is 12. The van der Waals surface area contributed by atoms with Gasteiger partial charge in [0.2, 0.25) is 23.7 Å². The molecule has 1 saturated heterocycles. The molecule has 2 aromatic carbocycles. The summed E-state index contributed by atoms with van der Waals surface area (Å²) in [6.45, 7) is 4.25. The molecule has 0 spiro atoms. The molecule has 2 atom stereocenters. The SMILES string of the molecule is CC[C@@H]1C(=O)N(C)c2cnc(Nc3ccc(-c4cn(C5CCC(NCCOCCC#Cc6cccc7c6CN(C6CCC(=O)NC6=O)C7=O)CC5)nn4)cc3)nc2N1C1CCCC1. The summed E-state index contributed by atoms with van der Waals surface area (Å²) in [5, 5.41) is 18.4. The Kier molecular flexibility index (Phi) is 12.5. The largest absolute Gasteiger partial charge is 0.379 e. The maximum Gasteiger partial charge on any atom is 0.255 e.